The van der Waals surface area contributed by atoms with E-state index in [0.29, 0.717) is 4.88 Å². The number of hydrogen-bond acceptors (Lipinski definition) is 3. The molecule has 4 heteroatoms. The van der Waals surface area contributed by atoms with Gasteiger partial charge in [0.1, 0.15) is 4.88 Å². The van der Waals surface area contributed by atoms with Crippen molar-refractivity contribution in [2.75, 3.05) is 0 Å². The Morgan fingerprint density at radius 2 is 2.20 bits per heavy atom. The maximum absolute atomic E-state index is 10.7. The molecule has 1 saturated carbocycles. The minimum atomic E-state index is -0.808. The van der Waals surface area contributed by atoms with Crippen molar-refractivity contribution in [3.63, 3.8) is 0 Å². The lowest BCUT2D eigenvalue weighted by Gasteiger charge is -2.06. The van der Waals surface area contributed by atoms with E-state index in [-0.39, 0.29) is 0 Å². The molecule has 2 rings (SSSR count). The van der Waals surface area contributed by atoms with E-state index >= 15 is 0 Å². The zero-order valence-electron chi connectivity index (χ0n) is 8.44. The van der Waals surface area contributed by atoms with Crippen molar-refractivity contribution in [1.29, 1.82) is 0 Å². The van der Waals surface area contributed by atoms with Crippen LogP contribution in [-0.2, 0) is 5.75 Å². The van der Waals surface area contributed by atoms with Crippen LogP contribution in [0.3, 0.4) is 0 Å². The van der Waals surface area contributed by atoms with Gasteiger partial charge in [0.2, 0.25) is 0 Å². The number of thiophene rings is 1. The van der Waals surface area contributed by atoms with Gasteiger partial charge in [-0.3, -0.25) is 0 Å². The Morgan fingerprint density at radius 3 is 2.80 bits per heavy atom. The highest BCUT2D eigenvalue weighted by Gasteiger charge is 2.16. The molecule has 0 aliphatic heterocycles. The summed E-state index contributed by atoms with van der Waals surface area (Å²) in [5.74, 6) is 0.167. The number of hydrogen-bond donors (Lipinski definition) is 1. The lowest BCUT2D eigenvalue weighted by atomic mass is 10.4. The van der Waals surface area contributed by atoms with Crippen LogP contribution in [0.25, 0.3) is 0 Å². The second kappa shape index (κ2) is 5.03. The van der Waals surface area contributed by atoms with Gasteiger partial charge in [0.15, 0.2) is 0 Å². The molecule has 2 nitrogen and oxygen atoms in total. The van der Waals surface area contributed by atoms with Crippen LogP contribution in [0.4, 0.5) is 0 Å². The van der Waals surface area contributed by atoms with Gasteiger partial charge in [-0.15, -0.1) is 11.3 Å². The van der Waals surface area contributed by atoms with Crippen molar-refractivity contribution in [3.8, 4) is 0 Å². The summed E-state index contributed by atoms with van der Waals surface area (Å²) in [5, 5.41) is 9.59. The molecule has 1 N–H and O–H groups in total. The van der Waals surface area contributed by atoms with Crippen LogP contribution in [-0.4, -0.2) is 16.3 Å². The maximum atomic E-state index is 10.7. The molecule has 1 aliphatic carbocycles. The summed E-state index contributed by atoms with van der Waals surface area (Å²) in [4.78, 5) is 12.3. The first-order valence-electron chi connectivity index (χ1n) is 5.19. The number of thioether (sulfide) groups is 1. The Balaban J connectivity index is 1.84. The molecule has 1 aliphatic rings. The average Bonchev–Trinajstić information content (AvgIpc) is 2.86. The van der Waals surface area contributed by atoms with Crippen LogP contribution in [0.15, 0.2) is 12.1 Å². The molecule has 0 amide bonds. The molecule has 0 radical (unpaired) electrons. The maximum Gasteiger partial charge on any atom is 0.345 e. The molecule has 0 aromatic carbocycles. The average molecular weight is 242 g/mol. The summed E-state index contributed by atoms with van der Waals surface area (Å²) in [5.41, 5.74) is 0. The van der Waals surface area contributed by atoms with Crippen LogP contribution < -0.4 is 0 Å². The molecule has 1 aromatic rings. The zero-order chi connectivity index (χ0) is 10.7. The van der Waals surface area contributed by atoms with Crippen molar-refractivity contribution in [1.82, 2.24) is 0 Å². The second-order valence-electron chi connectivity index (χ2n) is 3.79. The van der Waals surface area contributed by atoms with E-state index in [9.17, 15) is 4.79 Å². The first-order chi connectivity index (χ1) is 7.25. The third-order valence-electron chi connectivity index (χ3n) is 2.64. The van der Waals surface area contributed by atoms with E-state index in [1.54, 1.807) is 6.07 Å². The van der Waals surface area contributed by atoms with Gasteiger partial charge in [0.25, 0.3) is 0 Å². The standard InChI is InChI=1S/C11H14O2S2/c12-11(13)10-6-5-9(15-10)7-14-8-3-1-2-4-8/h5-6,8H,1-4,7H2,(H,12,13). The van der Waals surface area contributed by atoms with Gasteiger partial charge < -0.3 is 5.11 Å². The lowest BCUT2D eigenvalue weighted by molar-refractivity contribution is 0.0702. The van der Waals surface area contributed by atoms with Crippen LogP contribution in [0, 0.1) is 0 Å². The largest absolute Gasteiger partial charge is 0.477 e. The molecule has 0 spiro atoms. The summed E-state index contributed by atoms with van der Waals surface area (Å²) in [7, 11) is 0. The van der Waals surface area contributed by atoms with Crippen molar-refractivity contribution in [2.45, 2.75) is 36.7 Å². The quantitative estimate of drug-likeness (QED) is 0.876. The normalized spacial score (nSPS) is 17.1. The van der Waals surface area contributed by atoms with Gasteiger partial charge in [0.05, 0.1) is 0 Å². The highest BCUT2D eigenvalue weighted by atomic mass is 32.2. The summed E-state index contributed by atoms with van der Waals surface area (Å²) >= 11 is 3.38. The predicted octanol–water partition coefficient (Wildman–Crippen LogP) is 3.62. The Morgan fingerprint density at radius 1 is 1.47 bits per heavy atom. The second-order valence-corrected chi connectivity index (χ2v) is 6.25. The molecular weight excluding hydrogens is 228 g/mol. The summed E-state index contributed by atoms with van der Waals surface area (Å²) in [6, 6.07) is 3.65. The first-order valence-corrected chi connectivity index (χ1v) is 7.06. The zero-order valence-corrected chi connectivity index (χ0v) is 10.1. The van der Waals surface area contributed by atoms with E-state index < -0.39 is 5.97 Å². The van der Waals surface area contributed by atoms with Crippen LogP contribution >= 0.6 is 23.1 Å². The molecule has 0 atom stereocenters. The van der Waals surface area contributed by atoms with E-state index in [0.717, 1.165) is 11.0 Å². The molecule has 82 valence electrons. The van der Waals surface area contributed by atoms with Crippen molar-refractivity contribution in [2.24, 2.45) is 0 Å². The molecule has 0 saturated heterocycles. The number of carboxylic acids is 1. The predicted molar refractivity (Wildman–Crippen MR) is 64.8 cm³/mol. The van der Waals surface area contributed by atoms with Gasteiger partial charge in [-0.2, -0.15) is 11.8 Å². The third kappa shape index (κ3) is 2.98. The third-order valence-corrected chi connectivity index (χ3v) is 5.31. The van der Waals surface area contributed by atoms with Gasteiger partial charge in [0, 0.05) is 15.9 Å². The Labute approximate surface area is 97.7 Å². The highest BCUT2D eigenvalue weighted by molar-refractivity contribution is 7.99. The molecule has 1 fully saturated rings. The summed E-state index contributed by atoms with van der Waals surface area (Å²) in [6.45, 7) is 0. The van der Waals surface area contributed by atoms with Crippen molar-refractivity contribution < 1.29 is 9.90 Å². The number of carboxylic acid groups (broad SMARTS) is 1. The van der Waals surface area contributed by atoms with E-state index in [4.69, 9.17) is 5.11 Å². The topological polar surface area (TPSA) is 37.3 Å². The monoisotopic (exact) mass is 242 g/mol. The molecule has 0 unspecified atom stereocenters. The van der Waals surface area contributed by atoms with Crippen molar-refractivity contribution in [3.05, 3.63) is 21.9 Å². The van der Waals surface area contributed by atoms with E-state index in [1.165, 1.54) is 41.9 Å². The van der Waals surface area contributed by atoms with Gasteiger partial charge >= 0.3 is 5.97 Å². The Bertz CT molecular complexity index is 340. The SMILES string of the molecule is O=C(O)c1ccc(CSC2CCCC2)s1. The minimum absolute atomic E-state index is 0.456. The van der Waals surface area contributed by atoms with Crippen LogP contribution in [0.1, 0.15) is 40.2 Å². The van der Waals surface area contributed by atoms with Crippen molar-refractivity contribution >= 4 is 29.1 Å². The smallest absolute Gasteiger partial charge is 0.345 e. The minimum Gasteiger partial charge on any atom is -0.477 e. The molecule has 1 heterocycles. The number of carbonyl (C=O) groups is 1. The summed E-state index contributed by atoms with van der Waals surface area (Å²) < 4.78 is 0. The fraction of sp³-hybridized carbons (Fsp3) is 0.545. The molecular formula is C11H14O2S2. The van der Waals surface area contributed by atoms with Crippen LogP contribution in [0.5, 0.6) is 0 Å². The van der Waals surface area contributed by atoms with Crippen LogP contribution in [0.2, 0.25) is 0 Å². The Hall–Kier alpha value is -0.480. The molecule has 1 aromatic heterocycles. The first kappa shape index (κ1) is 11.0. The van der Waals surface area contributed by atoms with Gasteiger partial charge in [-0.1, -0.05) is 12.8 Å². The molecule has 15 heavy (non-hydrogen) atoms. The number of rotatable bonds is 4. The fourth-order valence-corrected chi connectivity index (χ4v) is 4.07. The fourth-order valence-electron chi connectivity index (χ4n) is 1.83. The number of aromatic carboxylic acids is 1. The lowest BCUT2D eigenvalue weighted by Crippen LogP contribution is -1.93. The van der Waals surface area contributed by atoms with E-state index in [1.807, 2.05) is 17.8 Å². The molecule has 0 bridgehead atoms. The van der Waals surface area contributed by atoms with Gasteiger partial charge in [-0.05, 0) is 25.0 Å². The van der Waals surface area contributed by atoms with E-state index in [2.05, 4.69) is 0 Å². The Kier molecular flexibility index (Phi) is 3.70. The summed E-state index contributed by atoms with van der Waals surface area (Å²) in [6.07, 6.45) is 5.40. The van der Waals surface area contributed by atoms with Gasteiger partial charge in [-0.25, -0.2) is 4.79 Å². The highest BCUT2D eigenvalue weighted by Crippen LogP contribution is 2.33.